The van der Waals surface area contributed by atoms with Gasteiger partial charge in [-0.15, -0.1) is 23.2 Å². The summed E-state index contributed by atoms with van der Waals surface area (Å²) in [5.74, 6) is -0.177. The molecule has 0 radical (unpaired) electrons. The standard InChI is InChI=1S/C15H17Cl2FN2O2/c1-14(9-15(14,16)17)13(21)20(11-4-6-22-7-5-11)12-3-2-10(18)8-19-12/h2-3,8,11H,4-7,9H2,1H3/t14-/m0/s1. The Balaban J connectivity index is 1.92. The second kappa shape index (κ2) is 5.62. The van der Waals surface area contributed by atoms with Crippen LogP contribution in [0.2, 0.25) is 0 Å². The van der Waals surface area contributed by atoms with E-state index >= 15 is 0 Å². The van der Waals surface area contributed by atoms with Gasteiger partial charge in [-0.3, -0.25) is 9.69 Å². The van der Waals surface area contributed by atoms with Crippen LogP contribution < -0.4 is 4.90 Å². The van der Waals surface area contributed by atoms with Crippen LogP contribution in [0.3, 0.4) is 0 Å². The number of carbonyl (C=O) groups excluding carboxylic acids is 1. The number of amides is 1. The molecule has 1 saturated heterocycles. The molecule has 0 N–H and O–H groups in total. The first-order chi connectivity index (χ1) is 10.3. The van der Waals surface area contributed by atoms with E-state index in [1.807, 2.05) is 0 Å². The number of carbonyl (C=O) groups is 1. The molecule has 1 amide bonds. The maximum Gasteiger partial charge on any atom is 0.237 e. The molecule has 4 nitrogen and oxygen atoms in total. The van der Waals surface area contributed by atoms with Crippen molar-refractivity contribution in [1.29, 1.82) is 0 Å². The van der Waals surface area contributed by atoms with Crippen molar-refractivity contribution in [3.63, 3.8) is 0 Å². The number of halogens is 3. The van der Waals surface area contributed by atoms with Crippen LogP contribution in [-0.4, -0.2) is 34.5 Å². The summed E-state index contributed by atoms with van der Waals surface area (Å²) >= 11 is 12.3. The van der Waals surface area contributed by atoms with Crippen molar-refractivity contribution in [3.05, 3.63) is 24.1 Å². The molecular weight excluding hydrogens is 330 g/mol. The van der Waals surface area contributed by atoms with E-state index < -0.39 is 15.6 Å². The molecule has 2 heterocycles. The fourth-order valence-corrected chi connectivity index (χ4v) is 3.50. The van der Waals surface area contributed by atoms with Gasteiger partial charge in [-0.2, -0.15) is 0 Å². The van der Waals surface area contributed by atoms with E-state index in [-0.39, 0.29) is 11.9 Å². The van der Waals surface area contributed by atoms with Crippen molar-refractivity contribution in [2.45, 2.75) is 36.6 Å². The summed E-state index contributed by atoms with van der Waals surface area (Å²) in [7, 11) is 0. The first-order valence-corrected chi connectivity index (χ1v) is 8.01. The Kier molecular flexibility index (Phi) is 4.08. The van der Waals surface area contributed by atoms with Crippen LogP contribution in [0.1, 0.15) is 26.2 Å². The second-order valence-electron chi connectivity index (χ2n) is 6.07. The highest BCUT2D eigenvalue weighted by Crippen LogP contribution is 2.64. The molecule has 0 spiro atoms. The number of rotatable bonds is 3. The predicted octanol–water partition coefficient (Wildman–Crippen LogP) is 3.32. The van der Waals surface area contributed by atoms with Gasteiger partial charge in [0.25, 0.3) is 0 Å². The quantitative estimate of drug-likeness (QED) is 0.788. The van der Waals surface area contributed by atoms with Crippen molar-refractivity contribution < 1.29 is 13.9 Å². The van der Waals surface area contributed by atoms with E-state index in [9.17, 15) is 9.18 Å². The zero-order chi connectivity index (χ0) is 16.0. The monoisotopic (exact) mass is 346 g/mol. The molecule has 0 aromatic carbocycles. The van der Waals surface area contributed by atoms with Gasteiger partial charge in [-0.25, -0.2) is 9.37 Å². The molecule has 2 fully saturated rings. The average Bonchev–Trinajstić information content (AvgIpc) is 3.02. The summed E-state index contributed by atoms with van der Waals surface area (Å²) in [5.41, 5.74) is -0.829. The highest BCUT2D eigenvalue weighted by molar-refractivity contribution is 6.53. The highest BCUT2D eigenvalue weighted by Gasteiger charge is 2.69. The van der Waals surface area contributed by atoms with Crippen molar-refractivity contribution in [1.82, 2.24) is 4.98 Å². The normalized spacial score (nSPS) is 27.5. The van der Waals surface area contributed by atoms with Gasteiger partial charge < -0.3 is 4.74 Å². The zero-order valence-corrected chi connectivity index (χ0v) is 13.7. The van der Waals surface area contributed by atoms with E-state index in [0.717, 1.165) is 6.20 Å². The molecule has 3 rings (SSSR count). The smallest absolute Gasteiger partial charge is 0.237 e. The molecule has 7 heteroatoms. The number of ether oxygens (including phenoxy) is 1. The maximum atomic E-state index is 13.1. The Hall–Kier alpha value is -0.910. The van der Waals surface area contributed by atoms with Crippen LogP contribution in [0.4, 0.5) is 10.2 Å². The van der Waals surface area contributed by atoms with Gasteiger partial charge in [-0.05, 0) is 38.3 Å². The first kappa shape index (κ1) is 16.0. The molecule has 0 bridgehead atoms. The number of hydrogen-bond donors (Lipinski definition) is 0. The second-order valence-corrected chi connectivity index (χ2v) is 7.55. The first-order valence-electron chi connectivity index (χ1n) is 7.26. The molecule has 1 atom stereocenters. The lowest BCUT2D eigenvalue weighted by Gasteiger charge is -2.35. The largest absolute Gasteiger partial charge is 0.381 e. The fraction of sp³-hybridized carbons (Fsp3) is 0.600. The van der Waals surface area contributed by atoms with Crippen LogP contribution in [-0.2, 0) is 9.53 Å². The molecule has 1 aliphatic heterocycles. The Bertz CT molecular complexity index is 575. The van der Waals surface area contributed by atoms with Gasteiger partial charge in [0, 0.05) is 19.3 Å². The van der Waals surface area contributed by atoms with Gasteiger partial charge in [0.15, 0.2) is 0 Å². The lowest BCUT2D eigenvalue weighted by Crippen LogP contribution is -2.48. The Morgan fingerprint density at radius 3 is 2.55 bits per heavy atom. The van der Waals surface area contributed by atoms with E-state index in [1.54, 1.807) is 11.8 Å². The number of nitrogens with zero attached hydrogens (tertiary/aromatic N) is 2. The van der Waals surface area contributed by atoms with Gasteiger partial charge in [0.1, 0.15) is 16.0 Å². The van der Waals surface area contributed by atoms with Crippen LogP contribution in [0.5, 0.6) is 0 Å². The van der Waals surface area contributed by atoms with Gasteiger partial charge in [0.05, 0.1) is 11.6 Å². The van der Waals surface area contributed by atoms with Crippen molar-refractivity contribution in [2.24, 2.45) is 5.41 Å². The lowest BCUT2D eigenvalue weighted by molar-refractivity contribution is -0.124. The summed E-state index contributed by atoms with van der Waals surface area (Å²) in [6, 6.07) is 2.77. The summed E-state index contributed by atoms with van der Waals surface area (Å²) in [6.45, 7) is 2.92. The minimum absolute atomic E-state index is 0.0410. The molecule has 22 heavy (non-hydrogen) atoms. The fourth-order valence-electron chi connectivity index (χ4n) is 2.81. The van der Waals surface area contributed by atoms with Crippen molar-refractivity contribution in [3.8, 4) is 0 Å². The summed E-state index contributed by atoms with van der Waals surface area (Å²) in [6.07, 6.45) is 2.93. The number of hydrogen-bond acceptors (Lipinski definition) is 3. The third kappa shape index (κ3) is 2.70. The molecule has 1 aromatic heterocycles. The predicted molar refractivity (Wildman–Crippen MR) is 82.7 cm³/mol. The van der Waals surface area contributed by atoms with E-state index in [4.69, 9.17) is 27.9 Å². The summed E-state index contributed by atoms with van der Waals surface area (Å²) < 4.78 is 17.4. The third-order valence-corrected chi connectivity index (χ3v) is 5.56. The Labute approximate surface area is 138 Å². The number of pyridine rings is 1. The maximum absolute atomic E-state index is 13.1. The number of anilines is 1. The molecular formula is C15H17Cl2FN2O2. The van der Waals surface area contributed by atoms with E-state index in [0.29, 0.717) is 38.3 Å². The minimum atomic E-state index is -1.05. The highest BCUT2D eigenvalue weighted by atomic mass is 35.5. The Morgan fingerprint density at radius 1 is 1.41 bits per heavy atom. The molecule has 1 aliphatic carbocycles. The van der Waals surface area contributed by atoms with E-state index in [1.165, 1.54) is 12.1 Å². The molecule has 120 valence electrons. The van der Waals surface area contributed by atoms with Gasteiger partial charge >= 0.3 is 0 Å². The van der Waals surface area contributed by atoms with Crippen LogP contribution in [0.25, 0.3) is 0 Å². The van der Waals surface area contributed by atoms with Crippen LogP contribution in [0, 0.1) is 11.2 Å². The summed E-state index contributed by atoms with van der Waals surface area (Å²) in [4.78, 5) is 18.7. The van der Waals surface area contributed by atoms with Gasteiger partial charge in [0.2, 0.25) is 5.91 Å². The number of alkyl halides is 2. The molecule has 1 saturated carbocycles. The summed E-state index contributed by atoms with van der Waals surface area (Å²) in [5, 5.41) is 0. The Morgan fingerprint density at radius 2 is 2.05 bits per heavy atom. The zero-order valence-electron chi connectivity index (χ0n) is 12.2. The molecule has 0 unspecified atom stereocenters. The van der Waals surface area contributed by atoms with Crippen molar-refractivity contribution >= 4 is 34.9 Å². The third-order valence-electron chi connectivity index (χ3n) is 4.46. The van der Waals surface area contributed by atoms with Crippen LogP contribution >= 0.6 is 23.2 Å². The molecule has 1 aromatic rings. The average molecular weight is 347 g/mol. The topological polar surface area (TPSA) is 42.4 Å². The van der Waals surface area contributed by atoms with Crippen molar-refractivity contribution in [2.75, 3.05) is 18.1 Å². The van der Waals surface area contributed by atoms with E-state index in [2.05, 4.69) is 4.98 Å². The lowest BCUT2D eigenvalue weighted by atomic mass is 10.0. The molecule has 2 aliphatic rings. The van der Waals surface area contributed by atoms with Gasteiger partial charge in [-0.1, -0.05) is 0 Å². The van der Waals surface area contributed by atoms with Crippen LogP contribution in [0.15, 0.2) is 18.3 Å². The number of aromatic nitrogens is 1. The minimum Gasteiger partial charge on any atom is -0.381 e. The SMILES string of the molecule is C[C@@]1(C(=O)N(c2ccc(F)cn2)C2CCOCC2)CC1(Cl)Cl.